The minimum atomic E-state index is -0.294. The molecule has 212 valence electrons. The number of fused-ring (bicyclic) bond motifs is 6. The molecule has 8 fully saturated rings. The molecular weight excluding hydrogens is 504 g/mol. The number of allylic oxidation sites excluding steroid dienone is 1. The van der Waals surface area contributed by atoms with Crippen LogP contribution in [-0.2, 0) is 19.1 Å². The van der Waals surface area contributed by atoms with Crippen molar-refractivity contribution in [2.45, 2.75) is 127 Å². The minimum absolute atomic E-state index is 0.00414. The van der Waals surface area contributed by atoms with Crippen LogP contribution in [0.2, 0.25) is 0 Å². The molecule has 7 saturated carbocycles. The zero-order chi connectivity index (χ0) is 26.8. The number of thioether (sulfide) groups is 1. The highest BCUT2D eigenvalue weighted by Crippen LogP contribution is 2.71. The van der Waals surface area contributed by atoms with Gasteiger partial charge in [-0.25, -0.2) is 0 Å². The summed E-state index contributed by atoms with van der Waals surface area (Å²) in [5, 5.41) is 0.679. The van der Waals surface area contributed by atoms with Gasteiger partial charge < -0.3 is 4.74 Å². The third kappa shape index (κ3) is 3.65. The van der Waals surface area contributed by atoms with Crippen LogP contribution in [0.4, 0.5) is 0 Å². The highest BCUT2D eigenvalue weighted by atomic mass is 32.2. The lowest BCUT2D eigenvalue weighted by molar-refractivity contribution is -0.167. The number of hydrogen-bond acceptors (Lipinski definition) is 5. The molecule has 8 aliphatic carbocycles. The van der Waals surface area contributed by atoms with E-state index in [-0.39, 0.29) is 38.8 Å². The number of rotatable bonds is 3. The van der Waals surface area contributed by atoms with E-state index in [1.54, 1.807) is 11.8 Å². The van der Waals surface area contributed by atoms with Gasteiger partial charge in [0.05, 0.1) is 0 Å². The summed E-state index contributed by atoms with van der Waals surface area (Å²) in [7, 11) is 0. The maximum absolute atomic E-state index is 14.0. The predicted molar refractivity (Wildman–Crippen MR) is 152 cm³/mol. The van der Waals surface area contributed by atoms with Crippen molar-refractivity contribution in [2.75, 3.05) is 0 Å². The van der Waals surface area contributed by atoms with Gasteiger partial charge in [0, 0.05) is 29.9 Å². The van der Waals surface area contributed by atoms with E-state index in [1.807, 2.05) is 6.08 Å². The average Bonchev–Trinajstić information content (AvgIpc) is 3.38. The van der Waals surface area contributed by atoms with E-state index in [9.17, 15) is 14.4 Å². The summed E-state index contributed by atoms with van der Waals surface area (Å²) in [4.78, 5) is 39.0. The van der Waals surface area contributed by atoms with Crippen LogP contribution in [0.1, 0.15) is 117 Å². The fourth-order valence-corrected chi connectivity index (χ4v) is 14.5. The number of carbonyl (C=O) groups excluding carboxylic acids is 3. The van der Waals surface area contributed by atoms with Crippen molar-refractivity contribution in [3.8, 4) is 0 Å². The molecular formula is C34H46O4S. The first-order valence-corrected chi connectivity index (χ1v) is 17.1. The fourth-order valence-electron chi connectivity index (χ4n) is 12.9. The summed E-state index contributed by atoms with van der Waals surface area (Å²) in [6, 6.07) is 0. The van der Waals surface area contributed by atoms with E-state index < -0.39 is 0 Å². The summed E-state index contributed by atoms with van der Waals surface area (Å²) in [6.07, 6.45) is 19.1. The molecule has 4 nitrogen and oxygen atoms in total. The molecule has 1 saturated heterocycles. The second-order valence-corrected chi connectivity index (χ2v) is 17.4. The van der Waals surface area contributed by atoms with E-state index in [1.165, 1.54) is 44.1 Å². The van der Waals surface area contributed by atoms with Crippen molar-refractivity contribution in [1.82, 2.24) is 0 Å². The monoisotopic (exact) mass is 550 g/mol. The Morgan fingerprint density at radius 1 is 0.923 bits per heavy atom. The van der Waals surface area contributed by atoms with Crippen LogP contribution in [0.3, 0.4) is 0 Å². The van der Waals surface area contributed by atoms with Crippen LogP contribution < -0.4 is 0 Å². The number of carbonyl (C=O) groups is 3. The number of ether oxygens (including phenoxy) is 1. The van der Waals surface area contributed by atoms with Crippen molar-refractivity contribution >= 4 is 28.6 Å². The van der Waals surface area contributed by atoms with Crippen molar-refractivity contribution < 1.29 is 19.1 Å². The molecule has 4 bridgehead atoms. The average molecular weight is 551 g/mol. The number of esters is 1. The number of ketones is 1. The predicted octanol–water partition coefficient (Wildman–Crippen LogP) is 7.44. The van der Waals surface area contributed by atoms with E-state index >= 15 is 0 Å². The molecule has 5 heteroatoms. The van der Waals surface area contributed by atoms with Gasteiger partial charge in [-0.15, -0.1) is 0 Å². The first kappa shape index (κ1) is 25.6. The molecule has 9 rings (SSSR count). The van der Waals surface area contributed by atoms with Gasteiger partial charge >= 0.3 is 5.97 Å². The molecule has 0 aromatic carbocycles. The van der Waals surface area contributed by atoms with Crippen LogP contribution >= 0.6 is 11.8 Å². The lowest BCUT2D eigenvalue weighted by atomic mass is 9.46. The Kier molecular flexibility index (Phi) is 5.56. The Morgan fingerprint density at radius 3 is 2.28 bits per heavy atom. The molecule has 0 radical (unpaired) electrons. The maximum atomic E-state index is 14.0. The zero-order valence-electron chi connectivity index (χ0n) is 24.0. The van der Waals surface area contributed by atoms with Crippen molar-refractivity contribution in [2.24, 2.45) is 51.8 Å². The van der Waals surface area contributed by atoms with E-state index in [2.05, 4.69) is 13.8 Å². The second kappa shape index (κ2) is 8.48. The van der Waals surface area contributed by atoms with Gasteiger partial charge in [-0.05, 0) is 136 Å². The van der Waals surface area contributed by atoms with Crippen molar-refractivity contribution in [1.29, 1.82) is 0 Å². The molecule has 1 aliphatic heterocycles. The zero-order valence-corrected chi connectivity index (χ0v) is 24.8. The van der Waals surface area contributed by atoms with Crippen molar-refractivity contribution in [3.63, 3.8) is 0 Å². The molecule has 7 atom stereocenters. The largest absolute Gasteiger partial charge is 0.458 e. The van der Waals surface area contributed by atoms with Crippen LogP contribution in [0.5, 0.6) is 0 Å². The van der Waals surface area contributed by atoms with Crippen LogP contribution in [0, 0.1) is 51.8 Å². The van der Waals surface area contributed by atoms with E-state index in [4.69, 9.17) is 4.74 Å². The van der Waals surface area contributed by atoms with Crippen LogP contribution in [-0.4, -0.2) is 27.7 Å². The Bertz CT molecular complexity index is 1120. The molecule has 1 heterocycles. The molecule has 0 aromatic rings. The summed E-state index contributed by atoms with van der Waals surface area (Å²) < 4.78 is 6.21. The Morgan fingerprint density at radius 2 is 1.62 bits per heavy atom. The molecule has 0 N–H and O–H groups in total. The van der Waals surface area contributed by atoms with Crippen molar-refractivity contribution in [3.05, 3.63) is 11.6 Å². The standard InChI is InChI=1S/C34H46O4S/c1-31-7-3-24(35)14-23(31)15-27(39-29(37)19-33-16-20-11-21(17-33)13-22(12-20)18-33)30-25(31)4-8-32(2)26(30)5-9-34(32)10-6-28(36)38-34/h14,20-22,25-27,30H,3-13,15-19H2,1-2H3/t20?,21?,22?,25?,26?,27-,30?,31?,32?,33?,34-/m1/s1. The van der Waals surface area contributed by atoms with E-state index in [0.717, 1.165) is 69.1 Å². The lowest BCUT2D eigenvalue weighted by Gasteiger charge is -2.61. The van der Waals surface area contributed by atoms with Crippen LogP contribution in [0.25, 0.3) is 0 Å². The number of hydrogen-bond donors (Lipinski definition) is 0. The van der Waals surface area contributed by atoms with Gasteiger partial charge in [-0.3, -0.25) is 14.4 Å². The summed E-state index contributed by atoms with van der Waals surface area (Å²) in [5.74, 6) is 4.34. The topological polar surface area (TPSA) is 60.4 Å². The first-order valence-electron chi connectivity index (χ1n) is 16.3. The molecule has 1 spiro atoms. The Balaban J connectivity index is 1.10. The van der Waals surface area contributed by atoms with Gasteiger partial charge in [-0.2, -0.15) is 0 Å². The maximum Gasteiger partial charge on any atom is 0.306 e. The van der Waals surface area contributed by atoms with Gasteiger partial charge in [0.15, 0.2) is 10.9 Å². The van der Waals surface area contributed by atoms with Gasteiger partial charge in [0.25, 0.3) is 0 Å². The SMILES string of the molecule is CC12CCC(=O)C=C1C[C@@H](SC(=O)CC13CC4CC(CC(C4)C1)C3)C1C2CCC2(C)C1CC[C@@]21CCC(=O)O1. The summed E-state index contributed by atoms with van der Waals surface area (Å²) >= 11 is 1.69. The van der Waals surface area contributed by atoms with Gasteiger partial charge in [0.2, 0.25) is 0 Å². The molecule has 5 unspecified atom stereocenters. The molecule has 0 amide bonds. The normalized spacial score (nSPS) is 53.3. The lowest BCUT2D eigenvalue weighted by Crippen LogP contribution is -2.57. The summed E-state index contributed by atoms with van der Waals surface area (Å²) in [5.41, 5.74) is 1.39. The molecule has 39 heavy (non-hydrogen) atoms. The third-order valence-corrected chi connectivity index (χ3v) is 15.5. The highest BCUT2D eigenvalue weighted by molar-refractivity contribution is 8.14. The third-order valence-electron chi connectivity index (χ3n) is 14.3. The van der Waals surface area contributed by atoms with Gasteiger partial charge in [0.1, 0.15) is 5.60 Å². The smallest absolute Gasteiger partial charge is 0.306 e. The van der Waals surface area contributed by atoms with Crippen LogP contribution in [0.15, 0.2) is 11.6 Å². The first-order chi connectivity index (χ1) is 18.6. The summed E-state index contributed by atoms with van der Waals surface area (Å²) in [6.45, 7) is 4.86. The highest BCUT2D eigenvalue weighted by Gasteiger charge is 2.68. The second-order valence-electron chi connectivity index (χ2n) is 16.1. The quantitative estimate of drug-likeness (QED) is 0.342. The van der Waals surface area contributed by atoms with Gasteiger partial charge in [-0.1, -0.05) is 31.2 Å². The molecule has 0 aromatic heterocycles. The fraction of sp³-hybridized carbons (Fsp3) is 0.853. The van der Waals surface area contributed by atoms with E-state index in [0.29, 0.717) is 35.7 Å². The Hall–Kier alpha value is -1.10. The minimum Gasteiger partial charge on any atom is -0.458 e. The Labute approximate surface area is 238 Å². The molecule has 9 aliphatic rings.